The van der Waals surface area contributed by atoms with Crippen LogP contribution in [0, 0.1) is 11.8 Å². The Labute approximate surface area is 118 Å². The van der Waals surface area contributed by atoms with E-state index in [4.69, 9.17) is 5.73 Å². The van der Waals surface area contributed by atoms with Crippen LogP contribution in [0.15, 0.2) is 0 Å². The highest BCUT2D eigenvalue weighted by Crippen LogP contribution is 2.20. The summed E-state index contributed by atoms with van der Waals surface area (Å²) in [5.41, 5.74) is 5.63. The number of likely N-dealkylation sites (tertiary alicyclic amines) is 1. The molecule has 2 atom stereocenters. The number of amides is 1. The average molecular weight is 269 g/mol. The molecule has 0 radical (unpaired) electrons. The monoisotopic (exact) mass is 269 g/mol. The summed E-state index contributed by atoms with van der Waals surface area (Å²) in [4.78, 5) is 14.3. The molecule has 19 heavy (non-hydrogen) atoms. The predicted molar refractivity (Wildman–Crippen MR) is 79.9 cm³/mol. The van der Waals surface area contributed by atoms with Crippen molar-refractivity contribution in [3.05, 3.63) is 0 Å². The van der Waals surface area contributed by atoms with Crippen LogP contribution in [0.2, 0.25) is 0 Å². The molecular weight excluding hydrogens is 238 g/mol. The van der Waals surface area contributed by atoms with Crippen LogP contribution in [-0.4, -0.2) is 43.5 Å². The minimum absolute atomic E-state index is 0.211. The van der Waals surface area contributed by atoms with Gasteiger partial charge in [-0.05, 0) is 57.7 Å². The SMILES string of the molecule is CC(C)C(CCN)CCC(=O)NC1CCCN(C)C1. The number of rotatable bonds is 7. The van der Waals surface area contributed by atoms with Gasteiger partial charge in [0.15, 0.2) is 0 Å². The molecule has 0 aromatic carbocycles. The van der Waals surface area contributed by atoms with Crippen molar-refractivity contribution in [3.8, 4) is 0 Å². The van der Waals surface area contributed by atoms with E-state index in [0.29, 0.717) is 24.3 Å². The molecule has 1 aliphatic rings. The first-order valence-electron chi connectivity index (χ1n) is 7.71. The molecular formula is C15H31N3O. The summed E-state index contributed by atoms with van der Waals surface area (Å²) in [6.45, 7) is 7.29. The minimum atomic E-state index is 0.211. The van der Waals surface area contributed by atoms with Crippen LogP contribution in [0.3, 0.4) is 0 Å². The molecule has 1 rings (SSSR count). The van der Waals surface area contributed by atoms with Crippen molar-refractivity contribution in [3.63, 3.8) is 0 Å². The summed E-state index contributed by atoms with van der Waals surface area (Å²) < 4.78 is 0. The Hall–Kier alpha value is -0.610. The van der Waals surface area contributed by atoms with Crippen LogP contribution < -0.4 is 11.1 Å². The van der Waals surface area contributed by atoms with Crippen LogP contribution in [0.1, 0.15) is 46.0 Å². The van der Waals surface area contributed by atoms with E-state index in [1.807, 2.05) is 0 Å². The van der Waals surface area contributed by atoms with Crippen LogP contribution in [0.25, 0.3) is 0 Å². The predicted octanol–water partition coefficient (Wildman–Crippen LogP) is 1.60. The topological polar surface area (TPSA) is 58.4 Å². The van der Waals surface area contributed by atoms with Gasteiger partial charge in [0, 0.05) is 19.0 Å². The Kier molecular flexibility index (Phi) is 7.39. The van der Waals surface area contributed by atoms with Gasteiger partial charge in [-0.15, -0.1) is 0 Å². The number of piperidine rings is 1. The number of likely N-dealkylation sites (N-methyl/N-ethyl adjacent to an activating group) is 1. The first-order chi connectivity index (χ1) is 9.02. The number of hydrogen-bond acceptors (Lipinski definition) is 3. The number of nitrogens with one attached hydrogen (secondary N) is 1. The fourth-order valence-electron chi connectivity index (χ4n) is 2.93. The molecule has 0 bridgehead atoms. The Morgan fingerprint density at radius 3 is 2.74 bits per heavy atom. The standard InChI is InChI=1S/C15H31N3O/c1-12(2)13(8-9-16)6-7-15(19)17-14-5-4-10-18(3)11-14/h12-14H,4-11,16H2,1-3H3,(H,17,19). The molecule has 1 heterocycles. The lowest BCUT2D eigenvalue weighted by Gasteiger charge is -2.30. The number of nitrogens with zero attached hydrogens (tertiary/aromatic N) is 1. The van der Waals surface area contributed by atoms with E-state index in [2.05, 4.69) is 31.1 Å². The molecule has 0 aliphatic carbocycles. The van der Waals surface area contributed by atoms with Gasteiger partial charge in [-0.2, -0.15) is 0 Å². The second kappa shape index (κ2) is 8.54. The van der Waals surface area contributed by atoms with Crippen LogP contribution in [0.4, 0.5) is 0 Å². The highest BCUT2D eigenvalue weighted by molar-refractivity contribution is 5.76. The highest BCUT2D eigenvalue weighted by Gasteiger charge is 2.20. The zero-order valence-electron chi connectivity index (χ0n) is 12.8. The average Bonchev–Trinajstić information content (AvgIpc) is 2.34. The Bertz CT molecular complexity index is 268. The minimum Gasteiger partial charge on any atom is -0.352 e. The number of carbonyl (C=O) groups excluding carboxylic acids is 1. The maximum atomic E-state index is 12.0. The van der Waals surface area contributed by atoms with E-state index < -0.39 is 0 Å². The van der Waals surface area contributed by atoms with Crippen LogP contribution in [-0.2, 0) is 4.79 Å². The molecule has 4 heteroatoms. The van der Waals surface area contributed by atoms with Gasteiger partial charge >= 0.3 is 0 Å². The Morgan fingerprint density at radius 1 is 1.42 bits per heavy atom. The summed E-state index contributed by atoms with van der Waals surface area (Å²) in [5, 5.41) is 3.17. The molecule has 1 aliphatic heterocycles. The molecule has 0 spiro atoms. The second-order valence-electron chi connectivity index (χ2n) is 6.29. The Morgan fingerprint density at radius 2 is 2.16 bits per heavy atom. The van der Waals surface area contributed by atoms with E-state index in [-0.39, 0.29) is 5.91 Å². The summed E-state index contributed by atoms with van der Waals surface area (Å²) in [6.07, 6.45) is 4.93. The van der Waals surface area contributed by atoms with Crippen molar-refractivity contribution in [1.82, 2.24) is 10.2 Å². The largest absolute Gasteiger partial charge is 0.352 e. The van der Waals surface area contributed by atoms with Crippen molar-refractivity contribution in [1.29, 1.82) is 0 Å². The molecule has 3 N–H and O–H groups in total. The van der Waals surface area contributed by atoms with E-state index in [9.17, 15) is 4.79 Å². The van der Waals surface area contributed by atoms with Gasteiger partial charge in [0.1, 0.15) is 0 Å². The molecule has 1 saturated heterocycles. The maximum absolute atomic E-state index is 12.0. The zero-order chi connectivity index (χ0) is 14.3. The van der Waals surface area contributed by atoms with E-state index >= 15 is 0 Å². The van der Waals surface area contributed by atoms with Crippen LogP contribution in [0.5, 0.6) is 0 Å². The molecule has 1 amide bonds. The van der Waals surface area contributed by atoms with Crippen molar-refractivity contribution >= 4 is 5.91 Å². The van der Waals surface area contributed by atoms with Gasteiger partial charge in [-0.1, -0.05) is 13.8 Å². The molecule has 4 nitrogen and oxygen atoms in total. The number of nitrogens with two attached hydrogens (primary N) is 1. The fourth-order valence-corrected chi connectivity index (χ4v) is 2.93. The van der Waals surface area contributed by atoms with Crippen molar-refractivity contribution in [2.24, 2.45) is 17.6 Å². The lowest BCUT2D eigenvalue weighted by molar-refractivity contribution is -0.122. The third kappa shape index (κ3) is 6.39. The molecule has 112 valence electrons. The van der Waals surface area contributed by atoms with Gasteiger partial charge in [0.2, 0.25) is 5.91 Å². The third-order valence-corrected chi connectivity index (χ3v) is 4.21. The maximum Gasteiger partial charge on any atom is 0.220 e. The van der Waals surface area contributed by atoms with Gasteiger partial charge < -0.3 is 16.0 Å². The van der Waals surface area contributed by atoms with Crippen molar-refractivity contribution in [2.75, 3.05) is 26.7 Å². The van der Waals surface area contributed by atoms with Gasteiger partial charge in [-0.25, -0.2) is 0 Å². The first-order valence-corrected chi connectivity index (χ1v) is 7.71. The summed E-state index contributed by atoms with van der Waals surface area (Å²) in [7, 11) is 2.12. The molecule has 0 aromatic heterocycles. The third-order valence-electron chi connectivity index (χ3n) is 4.21. The van der Waals surface area contributed by atoms with E-state index in [0.717, 1.165) is 38.9 Å². The second-order valence-corrected chi connectivity index (χ2v) is 6.29. The molecule has 1 fully saturated rings. The first kappa shape index (κ1) is 16.4. The van der Waals surface area contributed by atoms with Crippen LogP contribution >= 0.6 is 0 Å². The zero-order valence-corrected chi connectivity index (χ0v) is 12.8. The van der Waals surface area contributed by atoms with Gasteiger partial charge in [0.25, 0.3) is 0 Å². The van der Waals surface area contributed by atoms with Crippen molar-refractivity contribution in [2.45, 2.75) is 52.0 Å². The smallest absolute Gasteiger partial charge is 0.220 e. The summed E-state index contributed by atoms with van der Waals surface area (Å²) in [6, 6.07) is 0.346. The summed E-state index contributed by atoms with van der Waals surface area (Å²) in [5.74, 6) is 1.39. The lowest BCUT2D eigenvalue weighted by Crippen LogP contribution is -2.46. The number of carbonyl (C=O) groups is 1. The molecule has 0 aromatic rings. The molecule has 0 saturated carbocycles. The Balaban J connectivity index is 2.26. The van der Waals surface area contributed by atoms with Gasteiger partial charge in [0.05, 0.1) is 0 Å². The lowest BCUT2D eigenvalue weighted by atomic mass is 9.88. The van der Waals surface area contributed by atoms with Crippen molar-refractivity contribution < 1.29 is 4.79 Å². The fraction of sp³-hybridized carbons (Fsp3) is 0.933. The van der Waals surface area contributed by atoms with Gasteiger partial charge in [-0.3, -0.25) is 4.79 Å². The summed E-state index contributed by atoms with van der Waals surface area (Å²) >= 11 is 0. The quantitative estimate of drug-likeness (QED) is 0.738. The normalized spacial score (nSPS) is 22.5. The van der Waals surface area contributed by atoms with E-state index in [1.165, 1.54) is 6.42 Å². The highest BCUT2D eigenvalue weighted by atomic mass is 16.1. The molecule has 2 unspecified atom stereocenters. The van der Waals surface area contributed by atoms with E-state index in [1.54, 1.807) is 0 Å². The number of hydrogen-bond donors (Lipinski definition) is 2.